The number of rotatable bonds is 3. The van der Waals surface area contributed by atoms with Gasteiger partial charge in [-0.2, -0.15) is 0 Å². The van der Waals surface area contributed by atoms with E-state index in [1.807, 2.05) is 13.1 Å². The van der Waals surface area contributed by atoms with Crippen molar-refractivity contribution < 1.29 is 4.79 Å². The lowest BCUT2D eigenvalue weighted by Crippen LogP contribution is -2.32. The van der Waals surface area contributed by atoms with Gasteiger partial charge in [-0.1, -0.05) is 24.3 Å². The van der Waals surface area contributed by atoms with E-state index in [0.29, 0.717) is 6.54 Å². The van der Waals surface area contributed by atoms with Crippen molar-refractivity contribution in [1.29, 1.82) is 0 Å². The fourth-order valence-corrected chi connectivity index (χ4v) is 4.72. The number of carbonyl (C=O) groups is 1. The topological polar surface area (TPSA) is 51.0 Å². The van der Waals surface area contributed by atoms with Crippen molar-refractivity contribution >= 4 is 17.7 Å². The van der Waals surface area contributed by atoms with Crippen LogP contribution in [0, 0.1) is 0 Å². The molecule has 3 heterocycles. The molecule has 120 valence electrons. The third-order valence-corrected chi connectivity index (χ3v) is 5.89. The first kappa shape index (κ1) is 14.8. The summed E-state index contributed by atoms with van der Waals surface area (Å²) in [6.07, 6.45) is 3.17. The molecule has 0 bridgehead atoms. The fraction of sp³-hybridized carbons (Fsp3) is 0.471. The third-order valence-electron chi connectivity index (χ3n) is 4.66. The van der Waals surface area contributed by atoms with Gasteiger partial charge in [0.25, 0.3) is 0 Å². The molecular weight excluding hydrogens is 308 g/mol. The Morgan fingerprint density at radius 2 is 2.22 bits per heavy atom. The summed E-state index contributed by atoms with van der Waals surface area (Å²) in [5.74, 6) is 3.12. The molecule has 1 atom stereocenters. The number of hydrogen-bond donors (Lipinski definition) is 0. The number of benzene rings is 1. The summed E-state index contributed by atoms with van der Waals surface area (Å²) in [5.41, 5.74) is 2.48. The van der Waals surface area contributed by atoms with Crippen LogP contribution in [0.1, 0.15) is 34.4 Å². The second kappa shape index (κ2) is 6.00. The maximum atomic E-state index is 12.9. The molecule has 1 aromatic heterocycles. The Labute approximate surface area is 140 Å². The van der Waals surface area contributed by atoms with Gasteiger partial charge in [0, 0.05) is 20.0 Å². The van der Waals surface area contributed by atoms with Crippen molar-refractivity contribution in [2.45, 2.75) is 37.6 Å². The second-order valence-corrected chi connectivity index (χ2v) is 7.39. The molecule has 6 heteroatoms. The zero-order valence-corrected chi connectivity index (χ0v) is 14.1. The van der Waals surface area contributed by atoms with Crippen LogP contribution in [0.5, 0.6) is 0 Å². The van der Waals surface area contributed by atoms with E-state index in [4.69, 9.17) is 0 Å². The lowest BCUT2D eigenvalue weighted by molar-refractivity contribution is -0.130. The van der Waals surface area contributed by atoms with Crippen LogP contribution in [0.15, 0.2) is 24.3 Å². The summed E-state index contributed by atoms with van der Waals surface area (Å²) < 4.78 is 2.16. The van der Waals surface area contributed by atoms with E-state index < -0.39 is 0 Å². The standard InChI is InChI=1S/C17H20N4OS/c1-20(11-15-19-18-14-7-4-9-21(14)15)17(22)16-13-6-3-2-5-12(13)8-10-23-16/h2-3,5-6,16H,4,7-11H2,1H3/t16-/m1/s1. The number of thioether (sulfide) groups is 1. The van der Waals surface area contributed by atoms with Crippen molar-refractivity contribution in [1.82, 2.24) is 19.7 Å². The Kier molecular flexibility index (Phi) is 3.85. The molecule has 5 nitrogen and oxygen atoms in total. The zero-order valence-electron chi connectivity index (χ0n) is 13.2. The molecule has 4 rings (SSSR count). The van der Waals surface area contributed by atoms with Gasteiger partial charge in [-0.3, -0.25) is 4.79 Å². The zero-order chi connectivity index (χ0) is 15.8. The van der Waals surface area contributed by atoms with Crippen molar-refractivity contribution in [2.75, 3.05) is 12.8 Å². The average Bonchev–Trinajstić information content (AvgIpc) is 3.18. The highest BCUT2D eigenvalue weighted by Gasteiger charge is 2.30. The molecular formula is C17H20N4OS. The number of amides is 1. The monoisotopic (exact) mass is 328 g/mol. The maximum Gasteiger partial charge on any atom is 0.240 e. The smallest absolute Gasteiger partial charge is 0.240 e. The highest BCUT2D eigenvalue weighted by molar-refractivity contribution is 8.00. The minimum atomic E-state index is -0.0917. The Balaban J connectivity index is 1.53. The molecule has 0 fully saturated rings. The predicted octanol–water partition coefficient (Wildman–Crippen LogP) is 2.21. The maximum absolute atomic E-state index is 12.9. The van der Waals surface area contributed by atoms with Gasteiger partial charge >= 0.3 is 0 Å². The van der Waals surface area contributed by atoms with Crippen molar-refractivity contribution in [3.63, 3.8) is 0 Å². The van der Waals surface area contributed by atoms with Crippen LogP contribution in [-0.4, -0.2) is 38.4 Å². The minimum Gasteiger partial charge on any atom is -0.337 e. The van der Waals surface area contributed by atoms with Gasteiger partial charge in [-0.05, 0) is 29.7 Å². The highest BCUT2D eigenvalue weighted by Crippen LogP contribution is 2.37. The van der Waals surface area contributed by atoms with Crippen molar-refractivity contribution in [2.24, 2.45) is 0 Å². The van der Waals surface area contributed by atoms with E-state index in [1.165, 1.54) is 11.1 Å². The van der Waals surface area contributed by atoms with E-state index >= 15 is 0 Å². The molecule has 0 unspecified atom stereocenters. The molecule has 2 aliphatic rings. The lowest BCUT2D eigenvalue weighted by atomic mass is 10.0. The molecule has 0 radical (unpaired) electrons. The van der Waals surface area contributed by atoms with Gasteiger partial charge in [0.05, 0.1) is 6.54 Å². The highest BCUT2D eigenvalue weighted by atomic mass is 32.2. The van der Waals surface area contributed by atoms with Crippen molar-refractivity contribution in [3.05, 3.63) is 47.0 Å². The van der Waals surface area contributed by atoms with Crippen LogP contribution in [-0.2, 0) is 30.7 Å². The quantitative estimate of drug-likeness (QED) is 0.867. The van der Waals surface area contributed by atoms with E-state index in [1.54, 1.807) is 16.7 Å². The third kappa shape index (κ3) is 2.65. The summed E-state index contributed by atoms with van der Waals surface area (Å²) in [6, 6.07) is 8.31. The minimum absolute atomic E-state index is 0.0917. The van der Waals surface area contributed by atoms with Crippen LogP contribution in [0.25, 0.3) is 0 Å². The van der Waals surface area contributed by atoms with Crippen molar-refractivity contribution in [3.8, 4) is 0 Å². The number of hydrogen-bond acceptors (Lipinski definition) is 4. The number of fused-ring (bicyclic) bond motifs is 2. The number of likely N-dealkylation sites (N-methyl/N-ethyl adjacent to an activating group) is 1. The summed E-state index contributed by atoms with van der Waals surface area (Å²) in [4.78, 5) is 14.7. The van der Waals surface area contributed by atoms with Crippen LogP contribution < -0.4 is 0 Å². The predicted molar refractivity (Wildman–Crippen MR) is 90.2 cm³/mol. The molecule has 0 saturated carbocycles. The van der Waals surface area contributed by atoms with Gasteiger partial charge in [0.2, 0.25) is 5.91 Å². The fourth-order valence-electron chi connectivity index (χ4n) is 3.42. The molecule has 0 spiro atoms. The first-order valence-electron chi connectivity index (χ1n) is 8.09. The molecule has 2 aliphatic heterocycles. The Hall–Kier alpha value is -1.82. The van der Waals surface area contributed by atoms with Crippen LogP contribution in [0.3, 0.4) is 0 Å². The number of nitrogens with zero attached hydrogens (tertiary/aromatic N) is 4. The van der Waals surface area contributed by atoms with E-state index in [0.717, 1.165) is 43.2 Å². The van der Waals surface area contributed by atoms with Crippen LogP contribution in [0.2, 0.25) is 0 Å². The summed E-state index contributed by atoms with van der Waals surface area (Å²) in [6.45, 7) is 1.51. The molecule has 0 saturated heterocycles. The van der Waals surface area contributed by atoms with E-state index in [-0.39, 0.29) is 11.2 Å². The van der Waals surface area contributed by atoms with Gasteiger partial charge in [-0.15, -0.1) is 22.0 Å². The molecule has 2 aromatic rings. The number of aryl methyl sites for hydroxylation is 2. The van der Waals surface area contributed by atoms with Crippen LogP contribution in [0.4, 0.5) is 0 Å². The van der Waals surface area contributed by atoms with E-state index in [2.05, 4.69) is 33.0 Å². The Bertz CT molecular complexity index is 742. The summed E-state index contributed by atoms with van der Waals surface area (Å²) in [7, 11) is 1.87. The lowest BCUT2D eigenvalue weighted by Gasteiger charge is -2.28. The van der Waals surface area contributed by atoms with Gasteiger partial charge in [-0.25, -0.2) is 0 Å². The first-order chi connectivity index (χ1) is 11.2. The van der Waals surface area contributed by atoms with Gasteiger partial charge in [0.1, 0.15) is 11.1 Å². The van der Waals surface area contributed by atoms with Gasteiger partial charge < -0.3 is 9.47 Å². The van der Waals surface area contributed by atoms with Gasteiger partial charge in [0.15, 0.2) is 5.82 Å². The Morgan fingerprint density at radius 1 is 1.35 bits per heavy atom. The SMILES string of the molecule is CN(Cc1nnc2n1CCC2)C(=O)[C@@H]1SCCc2ccccc21. The summed E-state index contributed by atoms with van der Waals surface area (Å²) >= 11 is 1.75. The largest absolute Gasteiger partial charge is 0.337 e. The second-order valence-electron chi connectivity index (χ2n) is 6.18. The summed E-state index contributed by atoms with van der Waals surface area (Å²) in [5, 5.41) is 8.40. The molecule has 1 aromatic carbocycles. The number of aromatic nitrogens is 3. The Morgan fingerprint density at radius 3 is 3.13 bits per heavy atom. The van der Waals surface area contributed by atoms with Crippen LogP contribution >= 0.6 is 11.8 Å². The number of carbonyl (C=O) groups excluding carboxylic acids is 1. The molecule has 1 amide bonds. The average molecular weight is 328 g/mol. The first-order valence-corrected chi connectivity index (χ1v) is 9.14. The van der Waals surface area contributed by atoms with E-state index in [9.17, 15) is 4.79 Å². The normalized spacial score (nSPS) is 19.3. The molecule has 23 heavy (non-hydrogen) atoms. The molecule has 0 N–H and O–H groups in total. The molecule has 0 aliphatic carbocycles.